The molecule has 2 aromatic heterocycles. The molecule has 0 spiro atoms. The Labute approximate surface area is 139 Å². The van der Waals surface area contributed by atoms with E-state index in [2.05, 4.69) is 20.2 Å². The van der Waals surface area contributed by atoms with Crippen molar-refractivity contribution in [1.82, 2.24) is 20.2 Å². The van der Waals surface area contributed by atoms with Crippen LogP contribution in [0.4, 0.5) is 0 Å². The van der Waals surface area contributed by atoms with E-state index in [0.29, 0.717) is 12.2 Å². The molecule has 0 aliphatic carbocycles. The third-order valence-corrected chi connectivity index (χ3v) is 4.91. The molecule has 23 heavy (non-hydrogen) atoms. The molecule has 2 aromatic rings. The number of pyridine rings is 1. The van der Waals surface area contributed by atoms with Crippen molar-refractivity contribution in [2.45, 2.75) is 32.0 Å². The summed E-state index contributed by atoms with van der Waals surface area (Å²) >= 11 is 1.43. The van der Waals surface area contributed by atoms with E-state index < -0.39 is 0 Å². The van der Waals surface area contributed by atoms with Gasteiger partial charge in [-0.3, -0.25) is 14.7 Å². The SMILES string of the molecule is NCc1nc(C(=O)NC2CCN(Cc3ccncc3)CC2)cs1. The highest BCUT2D eigenvalue weighted by molar-refractivity contribution is 7.09. The molecular weight excluding hydrogens is 310 g/mol. The number of likely N-dealkylation sites (tertiary alicyclic amines) is 1. The number of piperidine rings is 1. The molecule has 3 N–H and O–H groups in total. The maximum absolute atomic E-state index is 12.2. The summed E-state index contributed by atoms with van der Waals surface area (Å²) in [6.07, 6.45) is 5.58. The molecule has 0 saturated carbocycles. The normalized spacial score (nSPS) is 16.4. The second kappa shape index (κ2) is 7.63. The van der Waals surface area contributed by atoms with Gasteiger partial charge in [0, 0.05) is 50.0 Å². The van der Waals surface area contributed by atoms with Crippen LogP contribution in [0.1, 0.15) is 33.9 Å². The number of hydrogen-bond donors (Lipinski definition) is 2. The first-order chi connectivity index (χ1) is 11.2. The van der Waals surface area contributed by atoms with E-state index in [1.165, 1.54) is 16.9 Å². The summed E-state index contributed by atoms with van der Waals surface area (Å²) in [5.41, 5.74) is 7.29. The van der Waals surface area contributed by atoms with Gasteiger partial charge < -0.3 is 11.1 Å². The third kappa shape index (κ3) is 4.34. The lowest BCUT2D eigenvalue weighted by Crippen LogP contribution is -2.44. The summed E-state index contributed by atoms with van der Waals surface area (Å²) in [7, 11) is 0. The van der Waals surface area contributed by atoms with Gasteiger partial charge in [0.1, 0.15) is 10.7 Å². The summed E-state index contributed by atoms with van der Waals surface area (Å²) in [6, 6.07) is 4.32. The molecule has 1 amide bonds. The molecule has 0 unspecified atom stereocenters. The van der Waals surface area contributed by atoms with Crippen molar-refractivity contribution >= 4 is 17.2 Å². The van der Waals surface area contributed by atoms with Gasteiger partial charge in [0.2, 0.25) is 0 Å². The second-order valence-corrected chi connectivity index (χ2v) is 6.65. The molecule has 1 saturated heterocycles. The van der Waals surface area contributed by atoms with Gasteiger partial charge in [0.15, 0.2) is 0 Å². The molecule has 0 bridgehead atoms. The maximum Gasteiger partial charge on any atom is 0.270 e. The number of nitrogens with two attached hydrogens (primary N) is 1. The first kappa shape index (κ1) is 16.0. The number of carbonyl (C=O) groups excluding carboxylic acids is 1. The molecular formula is C16H21N5OS. The van der Waals surface area contributed by atoms with Gasteiger partial charge >= 0.3 is 0 Å². The molecule has 3 rings (SSSR count). The fourth-order valence-corrected chi connectivity index (χ4v) is 3.40. The molecule has 7 heteroatoms. The van der Waals surface area contributed by atoms with Gasteiger partial charge in [-0.25, -0.2) is 4.98 Å². The van der Waals surface area contributed by atoms with Gasteiger partial charge in [0.05, 0.1) is 0 Å². The Kier molecular flexibility index (Phi) is 5.32. The van der Waals surface area contributed by atoms with E-state index in [-0.39, 0.29) is 11.9 Å². The largest absolute Gasteiger partial charge is 0.348 e. The molecule has 1 fully saturated rings. The zero-order valence-corrected chi connectivity index (χ0v) is 13.8. The van der Waals surface area contributed by atoms with Crippen LogP contribution in [0, 0.1) is 0 Å². The van der Waals surface area contributed by atoms with Crippen molar-refractivity contribution in [3.63, 3.8) is 0 Å². The number of thiazole rings is 1. The molecule has 0 radical (unpaired) electrons. The summed E-state index contributed by atoms with van der Waals surface area (Å²) in [5, 5.41) is 5.65. The van der Waals surface area contributed by atoms with Crippen molar-refractivity contribution in [2.24, 2.45) is 5.73 Å². The van der Waals surface area contributed by atoms with Crippen molar-refractivity contribution < 1.29 is 4.79 Å². The predicted octanol–water partition coefficient (Wildman–Crippen LogP) is 1.39. The van der Waals surface area contributed by atoms with Crippen LogP contribution in [0.15, 0.2) is 29.9 Å². The third-order valence-electron chi connectivity index (χ3n) is 4.04. The lowest BCUT2D eigenvalue weighted by atomic mass is 10.0. The van der Waals surface area contributed by atoms with Crippen molar-refractivity contribution in [3.8, 4) is 0 Å². The monoisotopic (exact) mass is 331 g/mol. The van der Waals surface area contributed by atoms with Crippen molar-refractivity contribution in [2.75, 3.05) is 13.1 Å². The fraction of sp³-hybridized carbons (Fsp3) is 0.438. The van der Waals surface area contributed by atoms with Crippen molar-refractivity contribution in [1.29, 1.82) is 0 Å². The molecule has 1 aliphatic rings. The van der Waals surface area contributed by atoms with E-state index in [1.54, 1.807) is 5.38 Å². The Hall–Kier alpha value is -1.83. The summed E-state index contributed by atoms with van der Waals surface area (Å²) < 4.78 is 0. The van der Waals surface area contributed by atoms with Crippen LogP contribution in [-0.2, 0) is 13.1 Å². The highest BCUT2D eigenvalue weighted by atomic mass is 32.1. The van der Waals surface area contributed by atoms with E-state index in [0.717, 1.165) is 37.5 Å². The standard InChI is InChI=1S/C16H21N5OS/c17-9-15-20-14(11-23-15)16(22)19-13-3-7-21(8-4-13)10-12-1-5-18-6-2-12/h1-2,5-6,11,13H,3-4,7-10,17H2,(H,19,22). The van der Waals surface area contributed by atoms with Crippen LogP contribution < -0.4 is 11.1 Å². The predicted molar refractivity (Wildman–Crippen MR) is 90.0 cm³/mol. The smallest absolute Gasteiger partial charge is 0.270 e. The highest BCUT2D eigenvalue weighted by Gasteiger charge is 2.22. The Morgan fingerprint density at radius 1 is 1.35 bits per heavy atom. The molecule has 0 atom stereocenters. The average Bonchev–Trinajstić information content (AvgIpc) is 3.07. The second-order valence-electron chi connectivity index (χ2n) is 5.71. The molecule has 1 aliphatic heterocycles. The minimum Gasteiger partial charge on any atom is -0.348 e. The highest BCUT2D eigenvalue weighted by Crippen LogP contribution is 2.15. The van der Waals surface area contributed by atoms with Crippen molar-refractivity contribution in [3.05, 3.63) is 46.2 Å². The fourth-order valence-electron chi connectivity index (χ4n) is 2.75. The van der Waals surface area contributed by atoms with Gasteiger partial charge in [-0.2, -0.15) is 0 Å². The Balaban J connectivity index is 1.46. The number of aromatic nitrogens is 2. The minimum atomic E-state index is -0.0893. The quantitative estimate of drug-likeness (QED) is 0.865. The van der Waals surface area contributed by atoms with Crippen LogP contribution in [0.5, 0.6) is 0 Å². The zero-order valence-electron chi connectivity index (χ0n) is 12.9. The van der Waals surface area contributed by atoms with Crippen LogP contribution in [0.25, 0.3) is 0 Å². The van der Waals surface area contributed by atoms with Crippen LogP contribution in [-0.4, -0.2) is 39.9 Å². The Morgan fingerprint density at radius 2 is 2.09 bits per heavy atom. The van der Waals surface area contributed by atoms with Crippen LogP contribution >= 0.6 is 11.3 Å². The molecule has 122 valence electrons. The number of nitrogens with one attached hydrogen (secondary N) is 1. The average molecular weight is 331 g/mol. The first-order valence-corrected chi connectivity index (χ1v) is 8.69. The van der Waals surface area contributed by atoms with E-state index >= 15 is 0 Å². The van der Waals surface area contributed by atoms with E-state index in [4.69, 9.17) is 5.73 Å². The minimum absolute atomic E-state index is 0.0893. The number of carbonyl (C=O) groups is 1. The number of nitrogens with zero attached hydrogens (tertiary/aromatic N) is 3. The van der Waals surface area contributed by atoms with E-state index in [9.17, 15) is 4.79 Å². The topological polar surface area (TPSA) is 84.1 Å². The van der Waals surface area contributed by atoms with Gasteiger partial charge in [-0.1, -0.05) is 0 Å². The molecule has 0 aromatic carbocycles. The number of amides is 1. The Morgan fingerprint density at radius 3 is 2.74 bits per heavy atom. The van der Waals surface area contributed by atoms with Crippen LogP contribution in [0.2, 0.25) is 0 Å². The number of rotatable bonds is 5. The summed E-state index contributed by atoms with van der Waals surface area (Å²) in [4.78, 5) is 22.9. The van der Waals surface area contributed by atoms with Gasteiger partial charge in [-0.15, -0.1) is 11.3 Å². The van der Waals surface area contributed by atoms with Gasteiger partial charge in [-0.05, 0) is 30.5 Å². The lowest BCUT2D eigenvalue weighted by molar-refractivity contribution is 0.0904. The number of hydrogen-bond acceptors (Lipinski definition) is 6. The van der Waals surface area contributed by atoms with Gasteiger partial charge in [0.25, 0.3) is 5.91 Å². The Bertz CT molecular complexity index is 637. The molecule has 6 nitrogen and oxygen atoms in total. The maximum atomic E-state index is 12.2. The zero-order chi connectivity index (χ0) is 16.1. The summed E-state index contributed by atoms with van der Waals surface area (Å²) in [5.74, 6) is -0.0893. The van der Waals surface area contributed by atoms with E-state index in [1.807, 2.05) is 24.5 Å². The van der Waals surface area contributed by atoms with Crippen LogP contribution in [0.3, 0.4) is 0 Å². The molecule has 3 heterocycles. The lowest BCUT2D eigenvalue weighted by Gasteiger charge is -2.32. The summed E-state index contributed by atoms with van der Waals surface area (Å²) in [6.45, 7) is 3.29. The first-order valence-electron chi connectivity index (χ1n) is 7.81.